The normalized spacial score (nSPS) is 16.4. The number of thioether (sulfide) groups is 1. The van der Waals surface area contributed by atoms with Gasteiger partial charge in [0.2, 0.25) is 0 Å². The predicted octanol–water partition coefficient (Wildman–Crippen LogP) is 5.54. The number of piperazine rings is 1. The van der Waals surface area contributed by atoms with Gasteiger partial charge in [-0.05, 0) is 59.7 Å². The molecule has 3 aromatic rings. The quantitative estimate of drug-likeness (QED) is 0.447. The summed E-state index contributed by atoms with van der Waals surface area (Å²) in [5, 5.41) is 1.15. The van der Waals surface area contributed by atoms with Gasteiger partial charge < -0.3 is 14.2 Å². The number of fused-ring (bicyclic) bond motifs is 1. The Bertz CT molecular complexity index is 1190. The van der Waals surface area contributed by atoms with Gasteiger partial charge in [-0.3, -0.25) is 9.69 Å². The van der Waals surface area contributed by atoms with E-state index in [2.05, 4.69) is 21.6 Å². The van der Waals surface area contributed by atoms with Gasteiger partial charge in [0.25, 0.3) is 5.91 Å². The lowest BCUT2D eigenvalue weighted by Gasteiger charge is -2.35. The Hall–Kier alpha value is -2.12. The van der Waals surface area contributed by atoms with Gasteiger partial charge in [-0.15, -0.1) is 0 Å². The molecule has 2 aromatic carbocycles. The van der Waals surface area contributed by atoms with E-state index in [9.17, 15) is 4.79 Å². The lowest BCUT2D eigenvalue weighted by molar-refractivity contribution is 0.0628. The number of nitrogens with zero attached hydrogens (tertiary/aromatic N) is 3. The molecule has 5 nitrogen and oxygen atoms in total. The minimum Gasteiger partial charge on any atom is -0.497 e. The number of carbonyl (C=O) groups is 1. The number of carbonyl (C=O) groups excluding carboxylic acids is 1. The molecule has 2 aliphatic heterocycles. The van der Waals surface area contributed by atoms with Gasteiger partial charge in [0.15, 0.2) is 0 Å². The van der Waals surface area contributed by atoms with Gasteiger partial charge in [-0.1, -0.05) is 29.3 Å². The highest BCUT2D eigenvalue weighted by Crippen LogP contribution is 2.33. The Morgan fingerprint density at radius 2 is 1.79 bits per heavy atom. The molecular formula is C26H27Cl2N3O2S. The summed E-state index contributed by atoms with van der Waals surface area (Å²) >= 11 is 14.1. The van der Waals surface area contributed by atoms with E-state index in [-0.39, 0.29) is 5.91 Å². The molecule has 2 aliphatic rings. The number of hydrogen-bond acceptors (Lipinski definition) is 4. The third-order valence-electron chi connectivity index (χ3n) is 6.58. The first-order valence-electron chi connectivity index (χ1n) is 11.4. The summed E-state index contributed by atoms with van der Waals surface area (Å²) in [6.07, 6.45) is 3.01. The van der Waals surface area contributed by atoms with Crippen LogP contribution >= 0.6 is 35.0 Å². The second kappa shape index (κ2) is 10.2. The van der Waals surface area contributed by atoms with Crippen LogP contribution in [0.5, 0.6) is 5.75 Å². The number of halogens is 2. The van der Waals surface area contributed by atoms with E-state index < -0.39 is 0 Å². The maximum atomic E-state index is 13.6. The lowest BCUT2D eigenvalue weighted by atomic mass is 10.1. The average Bonchev–Trinajstić information content (AvgIpc) is 3.26. The zero-order chi connectivity index (χ0) is 23.7. The highest BCUT2D eigenvalue weighted by molar-refractivity contribution is 7.98. The molecule has 1 saturated heterocycles. The molecule has 0 unspecified atom stereocenters. The summed E-state index contributed by atoms with van der Waals surface area (Å²) in [6, 6.07) is 13.8. The third-order valence-corrected chi connectivity index (χ3v) is 8.31. The van der Waals surface area contributed by atoms with Crippen molar-refractivity contribution in [2.24, 2.45) is 0 Å². The summed E-state index contributed by atoms with van der Waals surface area (Å²) < 4.78 is 7.50. The fourth-order valence-electron chi connectivity index (χ4n) is 4.69. The van der Waals surface area contributed by atoms with Crippen molar-refractivity contribution in [2.45, 2.75) is 18.7 Å². The zero-order valence-electron chi connectivity index (χ0n) is 19.1. The number of aromatic nitrogens is 1. The van der Waals surface area contributed by atoms with Crippen molar-refractivity contribution in [2.75, 3.05) is 39.0 Å². The molecule has 0 aliphatic carbocycles. The fraction of sp³-hybridized carbons (Fsp3) is 0.346. The summed E-state index contributed by atoms with van der Waals surface area (Å²) in [7, 11) is 1.67. The van der Waals surface area contributed by atoms with Crippen LogP contribution in [-0.2, 0) is 18.7 Å². The van der Waals surface area contributed by atoms with Gasteiger partial charge in [0.1, 0.15) is 5.75 Å². The van der Waals surface area contributed by atoms with E-state index >= 15 is 0 Å². The smallest absolute Gasteiger partial charge is 0.255 e. The van der Waals surface area contributed by atoms with E-state index in [0.29, 0.717) is 10.0 Å². The maximum Gasteiger partial charge on any atom is 0.255 e. The monoisotopic (exact) mass is 515 g/mol. The largest absolute Gasteiger partial charge is 0.497 e. The van der Waals surface area contributed by atoms with Crippen molar-refractivity contribution in [1.29, 1.82) is 0 Å². The van der Waals surface area contributed by atoms with Crippen LogP contribution in [0.4, 0.5) is 0 Å². The summed E-state index contributed by atoms with van der Waals surface area (Å²) in [5.74, 6) is 2.93. The van der Waals surface area contributed by atoms with Gasteiger partial charge in [0.05, 0.1) is 22.7 Å². The highest BCUT2D eigenvalue weighted by Gasteiger charge is 2.29. The van der Waals surface area contributed by atoms with Crippen LogP contribution in [0.25, 0.3) is 5.69 Å². The minimum atomic E-state index is 0.139. The third kappa shape index (κ3) is 4.82. The van der Waals surface area contributed by atoms with Crippen molar-refractivity contribution in [3.8, 4) is 11.4 Å². The molecule has 178 valence electrons. The average molecular weight is 516 g/mol. The van der Waals surface area contributed by atoms with E-state index in [1.54, 1.807) is 7.11 Å². The Balaban J connectivity index is 1.31. The fourth-order valence-corrected chi connectivity index (χ4v) is 6.02. The molecule has 0 saturated carbocycles. The molecule has 0 atom stereocenters. The first kappa shape index (κ1) is 23.6. The maximum absolute atomic E-state index is 13.6. The molecule has 0 N–H and O–H groups in total. The topological polar surface area (TPSA) is 37.7 Å². The second-order valence-corrected chi connectivity index (χ2v) is 10.6. The Morgan fingerprint density at radius 3 is 2.50 bits per heavy atom. The van der Waals surface area contributed by atoms with Crippen LogP contribution in [0.1, 0.15) is 27.2 Å². The molecule has 0 bridgehead atoms. The van der Waals surface area contributed by atoms with Crippen molar-refractivity contribution in [3.05, 3.63) is 81.1 Å². The van der Waals surface area contributed by atoms with E-state index in [1.165, 1.54) is 11.3 Å². The molecule has 1 aromatic heterocycles. The molecule has 1 amide bonds. The van der Waals surface area contributed by atoms with Crippen molar-refractivity contribution in [3.63, 3.8) is 0 Å². The van der Waals surface area contributed by atoms with Crippen LogP contribution in [0, 0.1) is 0 Å². The first-order chi connectivity index (χ1) is 16.5. The summed E-state index contributed by atoms with van der Waals surface area (Å²) in [6.45, 7) is 3.91. The SMILES string of the molecule is COc1ccc(-n2cc(C(=O)N3CCN(Cc4ccc(Cl)c(Cl)c4)CC3)c3c2CCSC3)cc1. The Morgan fingerprint density at radius 1 is 1.03 bits per heavy atom. The van der Waals surface area contributed by atoms with Gasteiger partial charge in [0, 0.05) is 56.1 Å². The van der Waals surface area contributed by atoms with Crippen LogP contribution in [-0.4, -0.2) is 59.3 Å². The predicted molar refractivity (Wildman–Crippen MR) is 140 cm³/mol. The Kier molecular flexibility index (Phi) is 7.11. The lowest BCUT2D eigenvalue weighted by Crippen LogP contribution is -2.48. The summed E-state index contributed by atoms with van der Waals surface area (Å²) in [4.78, 5) is 18.0. The molecule has 1 fully saturated rings. The van der Waals surface area contributed by atoms with Crippen molar-refractivity contribution < 1.29 is 9.53 Å². The minimum absolute atomic E-state index is 0.139. The molecule has 8 heteroatoms. The summed E-state index contributed by atoms with van der Waals surface area (Å²) in [5.41, 5.74) is 5.49. The van der Waals surface area contributed by atoms with E-state index in [4.69, 9.17) is 27.9 Å². The van der Waals surface area contributed by atoms with Crippen molar-refractivity contribution >= 4 is 40.9 Å². The number of benzene rings is 2. The number of hydrogen-bond donors (Lipinski definition) is 0. The number of amides is 1. The first-order valence-corrected chi connectivity index (χ1v) is 13.4. The molecular weight excluding hydrogens is 489 g/mol. The Labute approximate surface area is 214 Å². The second-order valence-electron chi connectivity index (χ2n) is 8.66. The van der Waals surface area contributed by atoms with Gasteiger partial charge in [-0.25, -0.2) is 0 Å². The van der Waals surface area contributed by atoms with Crippen LogP contribution in [0.2, 0.25) is 10.0 Å². The number of methoxy groups -OCH3 is 1. The number of rotatable bonds is 5. The van der Waals surface area contributed by atoms with Crippen LogP contribution in [0.15, 0.2) is 48.7 Å². The zero-order valence-corrected chi connectivity index (χ0v) is 21.4. The van der Waals surface area contributed by atoms with E-state index in [0.717, 1.165) is 73.2 Å². The number of ether oxygens (including phenoxy) is 1. The van der Waals surface area contributed by atoms with Gasteiger partial charge >= 0.3 is 0 Å². The van der Waals surface area contributed by atoms with E-state index in [1.807, 2.05) is 53.2 Å². The standard InChI is InChI=1S/C26H27Cl2N3O2S/c1-33-20-5-3-19(4-6-20)31-16-21(22-17-34-13-8-25(22)31)26(32)30-11-9-29(10-12-30)15-18-2-7-23(27)24(28)14-18/h2-7,14,16H,8-13,15,17H2,1H3. The molecule has 0 radical (unpaired) electrons. The molecule has 3 heterocycles. The van der Waals surface area contributed by atoms with Crippen molar-refractivity contribution in [1.82, 2.24) is 14.4 Å². The molecule has 34 heavy (non-hydrogen) atoms. The van der Waals surface area contributed by atoms with Crippen LogP contribution < -0.4 is 4.74 Å². The van der Waals surface area contributed by atoms with Gasteiger partial charge in [-0.2, -0.15) is 11.8 Å². The van der Waals surface area contributed by atoms with Crippen LogP contribution in [0.3, 0.4) is 0 Å². The molecule has 5 rings (SSSR count). The highest BCUT2D eigenvalue weighted by atomic mass is 35.5. The molecule has 0 spiro atoms.